The topological polar surface area (TPSA) is 49.4 Å². The summed E-state index contributed by atoms with van der Waals surface area (Å²) >= 11 is 5.53. The molecule has 0 saturated carbocycles. The van der Waals surface area contributed by atoms with E-state index in [1.165, 1.54) is 12.1 Å². The Morgan fingerprint density at radius 2 is 1.84 bits per heavy atom. The van der Waals surface area contributed by atoms with E-state index in [1.807, 2.05) is 35.2 Å². The molecule has 0 unspecified atom stereocenters. The minimum Gasteiger partial charge on any atom is -0.341 e. The van der Waals surface area contributed by atoms with Gasteiger partial charge in [-0.15, -0.1) is 0 Å². The van der Waals surface area contributed by atoms with Crippen molar-refractivity contribution in [3.8, 4) is 0 Å². The predicted molar refractivity (Wildman–Crippen MR) is 102 cm³/mol. The molecule has 1 atom stereocenters. The maximum Gasteiger partial charge on any atom is 0.174 e. The predicted octanol–water partition coefficient (Wildman–Crippen LogP) is 3.21. The summed E-state index contributed by atoms with van der Waals surface area (Å²) in [6.45, 7) is 0.522. The van der Waals surface area contributed by atoms with Crippen LogP contribution in [-0.2, 0) is 16.4 Å². The third-order valence-electron chi connectivity index (χ3n) is 4.20. The summed E-state index contributed by atoms with van der Waals surface area (Å²) in [7, 11) is -3.02. The Balaban J connectivity index is 1.79. The van der Waals surface area contributed by atoms with Crippen LogP contribution in [-0.4, -0.2) is 36.0 Å². The Morgan fingerprint density at radius 3 is 2.44 bits per heavy atom. The fraction of sp³-hybridized carbons (Fsp3) is 0.278. The van der Waals surface area contributed by atoms with Crippen LogP contribution in [0.3, 0.4) is 0 Å². The lowest BCUT2D eigenvalue weighted by atomic mass is 10.1. The Kier molecular flexibility index (Phi) is 5.34. The number of rotatable bonds is 4. The number of anilines is 1. The number of hydrogen-bond donors (Lipinski definition) is 1. The molecule has 1 fully saturated rings. The molecule has 1 N–H and O–H groups in total. The molecule has 0 aliphatic carbocycles. The van der Waals surface area contributed by atoms with Gasteiger partial charge in [0.25, 0.3) is 0 Å². The maximum atomic E-state index is 13.1. The van der Waals surface area contributed by atoms with Gasteiger partial charge in [-0.05, 0) is 48.5 Å². The molecule has 3 rings (SSSR count). The Hall–Kier alpha value is -1.99. The van der Waals surface area contributed by atoms with Crippen LogP contribution in [0.15, 0.2) is 54.6 Å². The highest BCUT2D eigenvalue weighted by atomic mass is 32.2. The van der Waals surface area contributed by atoms with Crippen LogP contribution in [0.2, 0.25) is 0 Å². The number of halogens is 1. The number of nitrogens with one attached hydrogen (secondary N) is 1. The minimum absolute atomic E-state index is 0.102. The highest BCUT2D eigenvalue weighted by Crippen LogP contribution is 2.21. The maximum absolute atomic E-state index is 13.1. The molecule has 1 aliphatic heterocycles. The molecule has 25 heavy (non-hydrogen) atoms. The lowest BCUT2D eigenvalue weighted by Gasteiger charge is -2.31. The van der Waals surface area contributed by atoms with Gasteiger partial charge >= 0.3 is 0 Å². The quantitative estimate of drug-likeness (QED) is 0.828. The molecule has 0 amide bonds. The first-order valence-corrected chi connectivity index (χ1v) is 10.2. The molecule has 7 heteroatoms. The fourth-order valence-corrected chi connectivity index (χ4v) is 4.96. The van der Waals surface area contributed by atoms with Gasteiger partial charge in [0.15, 0.2) is 14.9 Å². The van der Waals surface area contributed by atoms with E-state index in [-0.39, 0.29) is 23.4 Å². The molecule has 0 radical (unpaired) electrons. The molecular weight excluding hydrogens is 359 g/mol. The van der Waals surface area contributed by atoms with Gasteiger partial charge in [0.2, 0.25) is 0 Å². The third-order valence-corrected chi connectivity index (χ3v) is 6.29. The molecule has 0 bridgehead atoms. The first-order chi connectivity index (χ1) is 11.9. The highest BCUT2D eigenvalue weighted by Gasteiger charge is 2.33. The number of sulfone groups is 1. The van der Waals surface area contributed by atoms with Crippen molar-refractivity contribution in [3.63, 3.8) is 0 Å². The van der Waals surface area contributed by atoms with Crippen molar-refractivity contribution in [2.24, 2.45) is 0 Å². The van der Waals surface area contributed by atoms with Crippen LogP contribution >= 0.6 is 12.2 Å². The Bertz CT molecular complexity index is 839. The molecule has 4 nitrogen and oxygen atoms in total. The van der Waals surface area contributed by atoms with Gasteiger partial charge in [0.05, 0.1) is 11.5 Å². The summed E-state index contributed by atoms with van der Waals surface area (Å²) in [5, 5.41) is 3.53. The standard InChI is InChI=1S/C18H19FN2O2S2/c19-15-6-8-16(9-7-15)20-18(24)21(12-14-4-2-1-3-5-14)17-10-11-25(22,23)13-17/h1-9,17H,10-13H2,(H,20,24)/t17-/m0/s1. The second-order valence-corrected chi connectivity index (χ2v) is 8.72. The Morgan fingerprint density at radius 1 is 1.16 bits per heavy atom. The first-order valence-electron chi connectivity index (χ1n) is 8.00. The highest BCUT2D eigenvalue weighted by molar-refractivity contribution is 7.91. The number of hydrogen-bond acceptors (Lipinski definition) is 3. The average molecular weight is 378 g/mol. The van der Waals surface area contributed by atoms with Crippen LogP contribution in [0.4, 0.5) is 10.1 Å². The van der Waals surface area contributed by atoms with Gasteiger partial charge in [0.1, 0.15) is 5.82 Å². The molecule has 1 aliphatic rings. The molecular formula is C18H19FN2O2S2. The summed E-state index contributed by atoms with van der Waals surface area (Å²) in [6.07, 6.45) is 0.556. The second kappa shape index (κ2) is 7.49. The SMILES string of the molecule is O=S1(=O)CC[C@H](N(Cc2ccccc2)C(=S)Nc2ccc(F)cc2)C1. The van der Waals surface area contributed by atoms with E-state index >= 15 is 0 Å². The minimum atomic E-state index is -3.02. The summed E-state index contributed by atoms with van der Waals surface area (Å²) in [6, 6.07) is 15.5. The summed E-state index contributed by atoms with van der Waals surface area (Å²) in [4.78, 5) is 1.92. The zero-order valence-corrected chi connectivity index (χ0v) is 15.2. The largest absolute Gasteiger partial charge is 0.341 e. The molecule has 2 aromatic carbocycles. The van der Waals surface area contributed by atoms with Crippen LogP contribution in [0.25, 0.3) is 0 Å². The van der Waals surface area contributed by atoms with E-state index in [1.54, 1.807) is 12.1 Å². The van der Waals surface area contributed by atoms with Crippen LogP contribution in [0, 0.1) is 5.82 Å². The smallest absolute Gasteiger partial charge is 0.174 e. The van der Waals surface area contributed by atoms with Crippen molar-refractivity contribution >= 4 is 32.9 Å². The van der Waals surface area contributed by atoms with Crippen molar-refractivity contribution in [2.45, 2.75) is 19.0 Å². The van der Waals surface area contributed by atoms with Crippen molar-refractivity contribution in [1.82, 2.24) is 4.90 Å². The van der Waals surface area contributed by atoms with Gasteiger partial charge in [-0.25, -0.2) is 12.8 Å². The van der Waals surface area contributed by atoms with E-state index < -0.39 is 9.84 Å². The van der Waals surface area contributed by atoms with Crippen LogP contribution < -0.4 is 5.32 Å². The zero-order valence-electron chi connectivity index (χ0n) is 13.6. The fourth-order valence-electron chi connectivity index (χ4n) is 2.90. The van der Waals surface area contributed by atoms with Crippen molar-refractivity contribution in [3.05, 3.63) is 66.0 Å². The van der Waals surface area contributed by atoms with Gasteiger partial charge in [-0.3, -0.25) is 0 Å². The second-order valence-electron chi connectivity index (χ2n) is 6.11. The number of benzene rings is 2. The monoisotopic (exact) mass is 378 g/mol. The van der Waals surface area contributed by atoms with E-state index in [0.29, 0.717) is 23.8 Å². The molecule has 1 saturated heterocycles. The summed E-state index contributed by atoms with van der Waals surface area (Å²) in [5.74, 6) is -0.0350. The first kappa shape index (κ1) is 17.8. The lowest BCUT2D eigenvalue weighted by molar-refractivity contribution is 0.332. The van der Waals surface area contributed by atoms with Crippen molar-refractivity contribution in [1.29, 1.82) is 0 Å². The van der Waals surface area contributed by atoms with Gasteiger partial charge < -0.3 is 10.2 Å². The van der Waals surface area contributed by atoms with Crippen molar-refractivity contribution < 1.29 is 12.8 Å². The molecule has 2 aromatic rings. The van der Waals surface area contributed by atoms with Crippen LogP contribution in [0.5, 0.6) is 0 Å². The van der Waals surface area contributed by atoms with Crippen LogP contribution in [0.1, 0.15) is 12.0 Å². The lowest BCUT2D eigenvalue weighted by Crippen LogP contribution is -2.42. The zero-order chi connectivity index (χ0) is 17.9. The molecule has 0 spiro atoms. The molecule has 132 valence electrons. The van der Waals surface area contributed by atoms with E-state index in [4.69, 9.17) is 12.2 Å². The normalized spacial score (nSPS) is 18.7. The Labute approximate surface area is 152 Å². The van der Waals surface area contributed by atoms with Crippen molar-refractivity contribution in [2.75, 3.05) is 16.8 Å². The van der Waals surface area contributed by atoms with E-state index in [2.05, 4.69) is 5.32 Å². The van der Waals surface area contributed by atoms with Gasteiger partial charge in [0, 0.05) is 18.3 Å². The third kappa shape index (κ3) is 4.76. The van der Waals surface area contributed by atoms with Gasteiger partial charge in [-0.2, -0.15) is 0 Å². The summed E-state index contributed by atoms with van der Waals surface area (Å²) in [5.41, 5.74) is 1.72. The summed E-state index contributed by atoms with van der Waals surface area (Å²) < 4.78 is 36.8. The van der Waals surface area contributed by atoms with E-state index in [9.17, 15) is 12.8 Å². The number of nitrogens with zero attached hydrogens (tertiary/aromatic N) is 1. The van der Waals surface area contributed by atoms with Gasteiger partial charge in [-0.1, -0.05) is 30.3 Å². The average Bonchev–Trinajstić information content (AvgIpc) is 2.95. The molecule has 1 heterocycles. The molecule has 0 aromatic heterocycles. The van der Waals surface area contributed by atoms with E-state index in [0.717, 1.165) is 5.56 Å². The number of thiocarbonyl (C=S) groups is 1.